The van der Waals surface area contributed by atoms with Gasteiger partial charge >= 0.3 is 0 Å². The minimum absolute atomic E-state index is 0.0589. The van der Waals surface area contributed by atoms with Gasteiger partial charge < -0.3 is 0 Å². The zero-order valence-electron chi connectivity index (χ0n) is 11.6. The number of nitriles is 1. The lowest BCUT2D eigenvalue weighted by Gasteiger charge is -2.15. The van der Waals surface area contributed by atoms with Crippen molar-refractivity contribution in [1.82, 2.24) is 4.68 Å². The summed E-state index contributed by atoms with van der Waals surface area (Å²) < 4.78 is 25.8. The molecule has 6 nitrogen and oxygen atoms in total. The molecule has 0 unspecified atom stereocenters. The lowest BCUT2D eigenvalue weighted by molar-refractivity contribution is 0.593. The molecule has 2 aromatic rings. The van der Waals surface area contributed by atoms with Gasteiger partial charge in [-0.05, 0) is 43.0 Å². The smallest absolute Gasteiger partial charge is 0.266 e. The third-order valence-corrected chi connectivity index (χ3v) is 4.95. The van der Waals surface area contributed by atoms with Crippen LogP contribution in [0.3, 0.4) is 0 Å². The molecule has 1 aromatic carbocycles. The third kappa shape index (κ3) is 2.38. The minimum atomic E-state index is -3.88. The van der Waals surface area contributed by atoms with Crippen molar-refractivity contribution >= 4 is 10.0 Å². The molecule has 1 heterocycles. The molecular formula is C15H13N3O3S. The Morgan fingerprint density at radius 2 is 1.91 bits per heavy atom. The Morgan fingerprint density at radius 3 is 2.59 bits per heavy atom. The number of aryl methyl sites for hydroxylation is 1. The van der Waals surface area contributed by atoms with Gasteiger partial charge in [0.25, 0.3) is 15.6 Å². The number of benzene rings is 1. The number of pyridine rings is 1. The SMILES string of the molecule is N#Cc1cc2c(n(NS(=O)(=O)c3ccccc3)c1=O)CCC2. The van der Waals surface area contributed by atoms with Crippen molar-refractivity contribution in [1.29, 1.82) is 5.26 Å². The number of fused-ring (bicyclic) bond motifs is 1. The first kappa shape index (κ1) is 14.4. The van der Waals surface area contributed by atoms with Crippen molar-refractivity contribution in [3.8, 4) is 6.07 Å². The predicted molar refractivity (Wildman–Crippen MR) is 80.4 cm³/mol. The maximum absolute atomic E-state index is 12.4. The highest BCUT2D eigenvalue weighted by Crippen LogP contribution is 2.21. The highest BCUT2D eigenvalue weighted by Gasteiger charge is 2.23. The van der Waals surface area contributed by atoms with Crippen LogP contribution in [-0.4, -0.2) is 13.1 Å². The molecule has 1 aliphatic rings. The standard InChI is InChI=1S/C15H13N3O3S/c16-10-12-9-11-5-4-8-14(11)18(15(12)19)17-22(20,21)13-6-2-1-3-7-13/h1-3,6-7,9,17H,4-5,8H2. The molecule has 0 saturated heterocycles. The van der Waals surface area contributed by atoms with Crippen LogP contribution in [0.1, 0.15) is 23.2 Å². The molecule has 1 N–H and O–H groups in total. The van der Waals surface area contributed by atoms with Crippen LogP contribution in [-0.2, 0) is 22.9 Å². The summed E-state index contributed by atoms with van der Waals surface area (Å²) in [5.74, 6) is 0. The van der Waals surface area contributed by atoms with Crippen LogP contribution in [0.25, 0.3) is 0 Å². The van der Waals surface area contributed by atoms with E-state index in [2.05, 4.69) is 4.83 Å². The Balaban J connectivity index is 2.13. The van der Waals surface area contributed by atoms with E-state index in [1.165, 1.54) is 12.1 Å². The van der Waals surface area contributed by atoms with Gasteiger partial charge in [-0.15, -0.1) is 0 Å². The summed E-state index contributed by atoms with van der Waals surface area (Å²) in [6, 6.07) is 11.2. The molecule has 0 saturated carbocycles. The molecule has 112 valence electrons. The number of sulfonamides is 1. The number of rotatable bonds is 3. The van der Waals surface area contributed by atoms with Gasteiger partial charge in [0.05, 0.1) is 4.90 Å². The summed E-state index contributed by atoms with van der Waals surface area (Å²) in [4.78, 5) is 14.7. The molecule has 22 heavy (non-hydrogen) atoms. The lowest BCUT2D eigenvalue weighted by Crippen LogP contribution is -2.36. The maximum atomic E-state index is 12.4. The largest absolute Gasteiger partial charge is 0.287 e. The first-order chi connectivity index (χ1) is 10.5. The van der Waals surface area contributed by atoms with Crippen LogP contribution in [0.5, 0.6) is 0 Å². The number of hydrogen-bond donors (Lipinski definition) is 1. The van der Waals surface area contributed by atoms with E-state index >= 15 is 0 Å². The second kappa shape index (κ2) is 5.31. The van der Waals surface area contributed by atoms with Crippen molar-refractivity contribution in [2.45, 2.75) is 24.2 Å². The first-order valence-electron chi connectivity index (χ1n) is 6.79. The minimum Gasteiger partial charge on any atom is -0.266 e. The van der Waals surface area contributed by atoms with Gasteiger partial charge in [-0.25, -0.2) is 9.51 Å². The van der Waals surface area contributed by atoms with E-state index in [4.69, 9.17) is 5.26 Å². The molecule has 7 heteroatoms. The highest BCUT2D eigenvalue weighted by atomic mass is 32.2. The van der Waals surface area contributed by atoms with Crippen molar-refractivity contribution in [3.05, 3.63) is 63.6 Å². The zero-order chi connectivity index (χ0) is 15.7. The van der Waals surface area contributed by atoms with Crippen molar-refractivity contribution in [3.63, 3.8) is 0 Å². The molecule has 0 spiro atoms. The van der Waals surface area contributed by atoms with Gasteiger partial charge in [0.2, 0.25) is 0 Å². The third-order valence-electron chi connectivity index (χ3n) is 3.64. The Labute approximate surface area is 127 Å². The molecule has 0 aliphatic heterocycles. The van der Waals surface area contributed by atoms with Crippen LogP contribution >= 0.6 is 0 Å². The van der Waals surface area contributed by atoms with Crippen molar-refractivity contribution in [2.75, 3.05) is 4.83 Å². The molecule has 1 aromatic heterocycles. The fourth-order valence-electron chi connectivity index (χ4n) is 2.59. The number of hydrogen-bond acceptors (Lipinski definition) is 4. The second-order valence-electron chi connectivity index (χ2n) is 5.04. The Kier molecular flexibility index (Phi) is 3.47. The number of aromatic nitrogens is 1. The maximum Gasteiger partial charge on any atom is 0.287 e. The van der Waals surface area contributed by atoms with Crippen molar-refractivity contribution < 1.29 is 8.42 Å². The zero-order valence-corrected chi connectivity index (χ0v) is 12.4. The normalized spacial score (nSPS) is 13.4. The predicted octanol–water partition coefficient (Wildman–Crippen LogP) is 1.14. The monoisotopic (exact) mass is 315 g/mol. The highest BCUT2D eigenvalue weighted by molar-refractivity contribution is 7.92. The van der Waals surface area contributed by atoms with Crippen molar-refractivity contribution in [2.24, 2.45) is 0 Å². The second-order valence-corrected chi connectivity index (χ2v) is 6.70. The molecular weight excluding hydrogens is 302 g/mol. The molecule has 1 aliphatic carbocycles. The van der Waals surface area contributed by atoms with Gasteiger partial charge in [-0.3, -0.25) is 4.79 Å². The lowest BCUT2D eigenvalue weighted by atomic mass is 10.1. The van der Waals surface area contributed by atoms with Crippen LogP contribution in [0.2, 0.25) is 0 Å². The van der Waals surface area contributed by atoms with E-state index < -0.39 is 15.6 Å². The Bertz CT molecular complexity index is 925. The Hall–Kier alpha value is -2.59. The summed E-state index contributed by atoms with van der Waals surface area (Å²) in [6.07, 6.45) is 2.17. The van der Waals surface area contributed by atoms with E-state index in [1.807, 2.05) is 6.07 Å². The van der Waals surface area contributed by atoms with Crippen LogP contribution in [0.15, 0.2) is 46.1 Å². The van der Waals surface area contributed by atoms with Gasteiger partial charge in [0.15, 0.2) is 0 Å². The molecule has 0 atom stereocenters. The van der Waals surface area contributed by atoms with Crippen LogP contribution in [0, 0.1) is 11.3 Å². The van der Waals surface area contributed by atoms with Gasteiger partial charge in [0.1, 0.15) is 11.6 Å². The number of nitrogens with zero attached hydrogens (tertiary/aromatic N) is 2. The van der Waals surface area contributed by atoms with Gasteiger partial charge in [0, 0.05) is 5.69 Å². The summed E-state index contributed by atoms with van der Waals surface area (Å²) in [7, 11) is -3.88. The van der Waals surface area contributed by atoms with Crippen LogP contribution in [0.4, 0.5) is 0 Å². The summed E-state index contributed by atoms with van der Waals surface area (Å²) in [5.41, 5.74) is 0.773. The average molecular weight is 315 g/mol. The average Bonchev–Trinajstić information content (AvgIpc) is 2.99. The quantitative estimate of drug-likeness (QED) is 0.919. The summed E-state index contributed by atoms with van der Waals surface area (Å²) in [6.45, 7) is 0. The molecule has 0 radical (unpaired) electrons. The first-order valence-corrected chi connectivity index (χ1v) is 8.27. The molecule has 0 fully saturated rings. The van der Waals surface area contributed by atoms with E-state index in [0.29, 0.717) is 12.1 Å². The number of nitrogens with one attached hydrogen (secondary N) is 1. The fraction of sp³-hybridized carbons (Fsp3) is 0.200. The van der Waals surface area contributed by atoms with E-state index in [0.717, 1.165) is 23.1 Å². The van der Waals surface area contributed by atoms with E-state index in [9.17, 15) is 13.2 Å². The van der Waals surface area contributed by atoms with E-state index in [-0.39, 0.29) is 10.5 Å². The van der Waals surface area contributed by atoms with Crippen LogP contribution < -0.4 is 10.4 Å². The molecule has 0 amide bonds. The molecule has 3 rings (SSSR count). The van der Waals surface area contributed by atoms with Gasteiger partial charge in [-0.2, -0.15) is 13.7 Å². The van der Waals surface area contributed by atoms with Gasteiger partial charge in [-0.1, -0.05) is 18.2 Å². The molecule has 0 bridgehead atoms. The topological polar surface area (TPSA) is 92.0 Å². The summed E-state index contributed by atoms with van der Waals surface area (Å²) >= 11 is 0. The Morgan fingerprint density at radius 1 is 1.18 bits per heavy atom. The fourth-order valence-corrected chi connectivity index (χ4v) is 3.64. The van der Waals surface area contributed by atoms with E-state index in [1.54, 1.807) is 24.3 Å². The summed E-state index contributed by atoms with van der Waals surface area (Å²) in [5, 5.41) is 9.05.